The Morgan fingerprint density at radius 3 is 1.67 bits per heavy atom. The molecule has 12 rings (SSSR count). The molecule has 0 fully saturated rings. The van der Waals surface area contributed by atoms with E-state index >= 15 is 0 Å². The number of rotatable bonds is 5. The molecule has 0 aliphatic rings. The van der Waals surface area contributed by atoms with Crippen molar-refractivity contribution in [2.75, 3.05) is 0 Å². The minimum Gasteiger partial charge on any atom is -0.455 e. The van der Waals surface area contributed by atoms with Crippen LogP contribution in [0.5, 0.6) is 0 Å². The summed E-state index contributed by atoms with van der Waals surface area (Å²) in [5.74, 6) is 1.80. The highest BCUT2D eigenvalue weighted by molar-refractivity contribution is 6.21. The van der Waals surface area contributed by atoms with Crippen molar-refractivity contribution in [3.63, 3.8) is 0 Å². The third-order valence-corrected chi connectivity index (χ3v) is 11.4. The third kappa shape index (κ3) is 5.07. The van der Waals surface area contributed by atoms with E-state index in [1.807, 2.05) is 42.5 Å². The van der Waals surface area contributed by atoms with Gasteiger partial charge in [-0.05, 0) is 52.2 Å². The van der Waals surface area contributed by atoms with Crippen molar-refractivity contribution in [3.8, 4) is 51.0 Å². The van der Waals surface area contributed by atoms with Crippen LogP contribution < -0.4 is 0 Å². The summed E-state index contributed by atoms with van der Waals surface area (Å²) in [6, 6.07) is 68.0. The fraction of sp³-hybridized carbons (Fsp3) is 0. The van der Waals surface area contributed by atoms with Crippen LogP contribution in [0.4, 0.5) is 0 Å². The van der Waals surface area contributed by atoms with Crippen molar-refractivity contribution in [1.82, 2.24) is 19.5 Å². The summed E-state index contributed by atoms with van der Waals surface area (Å²) >= 11 is 0. The minimum absolute atomic E-state index is 0.585. The van der Waals surface area contributed by atoms with E-state index in [4.69, 9.17) is 19.4 Å². The van der Waals surface area contributed by atoms with Gasteiger partial charge in [0, 0.05) is 49.0 Å². The molecule has 12 aromatic rings. The Morgan fingerprint density at radius 2 is 0.931 bits per heavy atom. The third-order valence-electron chi connectivity index (χ3n) is 11.4. The van der Waals surface area contributed by atoms with Crippen molar-refractivity contribution in [1.29, 1.82) is 0 Å². The van der Waals surface area contributed by atoms with Gasteiger partial charge >= 0.3 is 0 Å². The summed E-state index contributed by atoms with van der Waals surface area (Å²) in [7, 11) is 0. The van der Waals surface area contributed by atoms with E-state index in [2.05, 4.69) is 156 Å². The second-order valence-corrected chi connectivity index (χ2v) is 14.8. The molecule has 0 saturated heterocycles. The van der Waals surface area contributed by atoms with Crippen molar-refractivity contribution >= 4 is 65.3 Å². The van der Waals surface area contributed by atoms with E-state index in [1.54, 1.807) is 0 Å². The van der Waals surface area contributed by atoms with Gasteiger partial charge in [-0.2, -0.15) is 0 Å². The molecule has 0 bridgehead atoms. The average Bonchev–Trinajstić information content (AvgIpc) is 3.85. The van der Waals surface area contributed by atoms with Crippen LogP contribution >= 0.6 is 0 Å². The monoisotopic (exact) mass is 740 g/mol. The number of hydrogen-bond donors (Lipinski definition) is 0. The summed E-state index contributed by atoms with van der Waals surface area (Å²) in [5.41, 5.74) is 10.0. The molecule has 270 valence electrons. The van der Waals surface area contributed by atoms with Gasteiger partial charge < -0.3 is 8.98 Å². The van der Waals surface area contributed by atoms with E-state index in [1.165, 1.54) is 21.5 Å². The van der Waals surface area contributed by atoms with Gasteiger partial charge in [0.2, 0.25) is 0 Å². The molecule has 5 heteroatoms. The van der Waals surface area contributed by atoms with Crippen molar-refractivity contribution in [3.05, 3.63) is 194 Å². The molecule has 0 amide bonds. The zero-order chi connectivity index (χ0) is 38.2. The molecule has 0 unspecified atom stereocenters. The topological polar surface area (TPSA) is 56.7 Å². The highest BCUT2D eigenvalue weighted by Gasteiger charge is 2.22. The van der Waals surface area contributed by atoms with Crippen LogP contribution in [-0.4, -0.2) is 19.5 Å². The first-order chi connectivity index (χ1) is 28.7. The SMILES string of the molecule is c1ccc(-c2nc(-c3ccc(-c4ccc5ccccc5c4)cc3)nc(-c3cccc4oc5c6ccccc6c(-n6c7ccccc7c7ccccc76)cc5c34)n2)cc1. The Kier molecular flexibility index (Phi) is 7.16. The second-order valence-electron chi connectivity index (χ2n) is 14.8. The zero-order valence-corrected chi connectivity index (χ0v) is 31.2. The molecular formula is C53H32N4O. The Labute approximate surface area is 333 Å². The van der Waals surface area contributed by atoms with Gasteiger partial charge in [-0.15, -0.1) is 0 Å². The van der Waals surface area contributed by atoms with Gasteiger partial charge in [-0.1, -0.05) is 164 Å². The maximum atomic E-state index is 6.81. The van der Waals surface area contributed by atoms with Crippen LogP contribution in [0.15, 0.2) is 199 Å². The van der Waals surface area contributed by atoms with E-state index < -0.39 is 0 Å². The summed E-state index contributed by atoms with van der Waals surface area (Å²) < 4.78 is 9.20. The Bertz CT molecular complexity index is 3510. The molecule has 0 radical (unpaired) electrons. The van der Waals surface area contributed by atoms with Crippen LogP contribution in [0.2, 0.25) is 0 Å². The van der Waals surface area contributed by atoms with Crippen LogP contribution in [0.3, 0.4) is 0 Å². The lowest BCUT2D eigenvalue weighted by Gasteiger charge is -2.13. The van der Waals surface area contributed by atoms with Crippen molar-refractivity contribution in [2.24, 2.45) is 0 Å². The van der Waals surface area contributed by atoms with Gasteiger partial charge in [0.25, 0.3) is 0 Å². The van der Waals surface area contributed by atoms with E-state index in [-0.39, 0.29) is 0 Å². The first-order valence-electron chi connectivity index (χ1n) is 19.5. The van der Waals surface area contributed by atoms with Gasteiger partial charge in [-0.25, -0.2) is 15.0 Å². The summed E-state index contributed by atoms with van der Waals surface area (Å²) in [6.07, 6.45) is 0. The largest absolute Gasteiger partial charge is 0.455 e. The molecule has 0 spiro atoms. The normalized spacial score (nSPS) is 11.8. The molecule has 3 aromatic heterocycles. The fourth-order valence-electron chi connectivity index (χ4n) is 8.71. The van der Waals surface area contributed by atoms with Crippen molar-refractivity contribution in [2.45, 2.75) is 0 Å². The first kappa shape index (κ1) is 32.4. The number of furan rings is 1. The lowest BCUT2D eigenvalue weighted by molar-refractivity contribution is 0.672. The molecule has 0 saturated carbocycles. The molecule has 0 atom stereocenters. The number of nitrogens with zero attached hydrogens (tertiary/aromatic N) is 4. The smallest absolute Gasteiger partial charge is 0.164 e. The van der Waals surface area contributed by atoms with Gasteiger partial charge in [-0.3, -0.25) is 0 Å². The van der Waals surface area contributed by atoms with E-state index in [9.17, 15) is 0 Å². The van der Waals surface area contributed by atoms with Crippen LogP contribution in [0.25, 0.3) is 116 Å². The molecule has 9 aromatic carbocycles. The number of aromatic nitrogens is 4. The number of para-hydroxylation sites is 2. The van der Waals surface area contributed by atoms with E-state index in [0.717, 1.165) is 77.2 Å². The molecular weight excluding hydrogens is 709 g/mol. The van der Waals surface area contributed by atoms with Gasteiger partial charge in [0.05, 0.1) is 16.7 Å². The second kappa shape index (κ2) is 12.8. The maximum Gasteiger partial charge on any atom is 0.164 e. The summed E-state index contributed by atoms with van der Waals surface area (Å²) in [6.45, 7) is 0. The van der Waals surface area contributed by atoms with Crippen LogP contribution in [0.1, 0.15) is 0 Å². The molecule has 0 N–H and O–H groups in total. The number of benzene rings is 9. The molecule has 0 aliphatic heterocycles. The standard InChI is InChI=1S/C53H32N4O/c1-2-14-35(15-3-1)51-54-52(36-28-25-34(26-29-36)38-30-27-33-13-4-5-16-37(33)31-38)56-53(55-51)43-21-12-24-48-49(43)44-32-47(41-19-6-7-20-42(41)50(44)58-48)57-45-22-10-8-17-39(45)40-18-9-11-23-46(40)57/h1-32H. The van der Waals surface area contributed by atoms with Gasteiger partial charge in [0.1, 0.15) is 11.2 Å². The maximum absolute atomic E-state index is 6.81. The highest BCUT2D eigenvalue weighted by atomic mass is 16.3. The quantitative estimate of drug-likeness (QED) is 0.176. The van der Waals surface area contributed by atoms with Crippen LogP contribution in [-0.2, 0) is 0 Å². The predicted octanol–water partition coefficient (Wildman–Crippen LogP) is 13.8. The Morgan fingerprint density at radius 1 is 0.362 bits per heavy atom. The number of fused-ring (bicyclic) bond motifs is 9. The van der Waals surface area contributed by atoms with Crippen LogP contribution in [0, 0.1) is 0 Å². The molecule has 5 nitrogen and oxygen atoms in total. The van der Waals surface area contributed by atoms with E-state index in [0.29, 0.717) is 17.5 Å². The number of hydrogen-bond acceptors (Lipinski definition) is 4. The predicted molar refractivity (Wildman–Crippen MR) is 238 cm³/mol. The molecule has 0 aliphatic carbocycles. The fourth-order valence-corrected chi connectivity index (χ4v) is 8.71. The van der Waals surface area contributed by atoms with Crippen molar-refractivity contribution < 1.29 is 4.42 Å². The average molecular weight is 741 g/mol. The Balaban J connectivity index is 1.08. The minimum atomic E-state index is 0.585. The lowest BCUT2D eigenvalue weighted by atomic mass is 10.00. The highest BCUT2D eigenvalue weighted by Crippen LogP contribution is 2.43. The lowest BCUT2D eigenvalue weighted by Crippen LogP contribution is -2.00. The zero-order valence-electron chi connectivity index (χ0n) is 31.2. The summed E-state index contributed by atoms with van der Waals surface area (Å²) in [4.78, 5) is 15.5. The Hall–Kier alpha value is -7.89. The summed E-state index contributed by atoms with van der Waals surface area (Å²) in [5, 5.41) is 9.01. The first-order valence-corrected chi connectivity index (χ1v) is 19.5. The van der Waals surface area contributed by atoms with Gasteiger partial charge in [0.15, 0.2) is 17.5 Å². The molecule has 58 heavy (non-hydrogen) atoms. The molecule has 3 heterocycles.